The molecule has 1 saturated carbocycles. The molecule has 0 amide bonds. The Morgan fingerprint density at radius 2 is 1.67 bits per heavy atom. The summed E-state index contributed by atoms with van der Waals surface area (Å²) in [6, 6.07) is 0. The van der Waals surface area contributed by atoms with Crippen molar-refractivity contribution in [2.45, 2.75) is 44.2 Å². The summed E-state index contributed by atoms with van der Waals surface area (Å²) in [4.78, 5) is 0. The minimum Gasteiger partial charge on any atom is -0.0739 e. The molecule has 50 valence electrons. The fourth-order valence-corrected chi connectivity index (χ4v) is 2.61. The van der Waals surface area contributed by atoms with Crippen molar-refractivity contribution in [2.24, 2.45) is 0 Å². The summed E-state index contributed by atoms with van der Waals surface area (Å²) in [7, 11) is 0.788. The number of hydrogen-bond acceptors (Lipinski definition) is 0. The maximum atomic E-state index is 2.40. The Labute approximate surface area is 85.9 Å². The molecule has 0 aromatic heterocycles. The molecule has 0 aromatic rings. The molecule has 2 heteroatoms. The molecule has 0 nitrogen and oxygen atoms in total. The molecule has 0 spiro atoms. The molecule has 0 aliphatic heterocycles. The van der Waals surface area contributed by atoms with Crippen molar-refractivity contribution < 1.29 is 32.7 Å². The van der Waals surface area contributed by atoms with Crippen LogP contribution in [0.1, 0.15) is 32.1 Å². The van der Waals surface area contributed by atoms with Crippen LogP contribution in [0.15, 0.2) is 0 Å². The zero-order valence-corrected chi connectivity index (χ0v) is 10.3. The Morgan fingerprint density at radius 1 is 1.11 bits per heavy atom. The third-order valence-corrected chi connectivity index (χ3v) is 3.73. The smallest absolute Gasteiger partial charge is 0.0281 e. The average molecular weight is 216 g/mol. The SMILES string of the molecule is C[SiH]C1CCCCC1.[Y]. The summed E-state index contributed by atoms with van der Waals surface area (Å²) in [5, 5.41) is 0. The molecule has 1 fully saturated rings. The van der Waals surface area contributed by atoms with Gasteiger partial charge in [-0.25, -0.2) is 0 Å². The topological polar surface area (TPSA) is 0 Å². The molecular formula is C7H15SiY. The predicted octanol–water partition coefficient (Wildman–Crippen LogP) is 2.22. The second-order valence-corrected chi connectivity index (χ2v) is 4.34. The quantitative estimate of drug-likeness (QED) is 0.589. The molecule has 0 atom stereocenters. The van der Waals surface area contributed by atoms with Gasteiger partial charge in [0.2, 0.25) is 0 Å². The first-order valence-electron chi connectivity index (χ1n) is 3.73. The van der Waals surface area contributed by atoms with Gasteiger partial charge in [0.15, 0.2) is 0 Å². The first-order valence-corrected chi connectivity index (χ1v) is 5.55. The first-order chi connectivity index (χ1) is 3.93. The maximum Gasteiger partial charge on any atom is 0.0281 e. The van der Waals surface area contributed by atoms with E-state index in [1.54, 1.807) is 12.8 Å². The first kappa shape index (κ1) is 10.3. The van der Waals surface area contributed by atoms with Crippen LogP contribution in [0.25, 0.3) is 0 Å². The Balaban J connectivity index is 0.000000640. The molecule has 0 N–H and O–H groups in total. The van der Waals surface area contributed by atoms with Crippen LogP contribution in [0.3, 0.4) is 0 Å². The van der Waals surface area contributed by atoms with Crippen LogP contribution < -0.4 is 0 Å². The van der Waals surface area contributed by atoms with Gasteiger partial charge in [0.25, 0.3) is 0 Å². The van der Waals surface area contributed by atoms with E-state index in [1.807, 2.05) is 0 Å². The average Bonchev–Trinajstić information content (AvgIpc) is 1.90. The van der Waals surface area contributed by atoms with Gasteiger partial charge in [0, 0.05) is 42.2 Å². The fourth-order valence-electron chi connectivity index (χ4n) is 1.47. The molecule has 2 radical (unpaired) electrons. The van der Waals surface area contributed by atoms with Crippen molar-refractivity contribution in [3.8, 4) is 0 Å². The summed E-state index contributed by atoms with van der Waals surface area (Å²) >= 11 is 0. The minimum absolute atomic E-state index is 0. The van der Waals surface area contributed by atoms with Crippen molar-refractivity contribution in [3.05, 3.63) is 0 Å². The van der Waals surface area contributed by atoms with E-state index < -0.39 is 0 Å². The predicted molar refractivity (Wildman–Crippen MR) is 39.8 cm³/mol. The third-order valence-electron chi connectivity index (χ3n) is 2.12. The summed E-state index contributed by atoms with van der Waals surface area (Å²) in [6.45, 7) is 2.40. The molecule has 0 bridgehead atoms. The van der Waals surface area contributed by atoms with Crippen molar-refractivity contribution in [1.29, 1.82) is 0 Å². The molecule has 1 rings (SSSR count). The van der Waals surface area contributed by atoms with Crippen LogP contribution >= 0.6 is 0 Å². The number of hydrogen-bond donors (Lipinski definition) is 0. The molecule has 0 heterocycles. The van der Waals surface area contributed by atoms with Gasteiger partial charge in [0.05, 0.1) is 0 Å². The van der Waals surface area contributed by atoms with Crippen molar-refractivity contribution in [2.75, 3.05) is 0 Å². The van der Waals surface area contributed by atoms with E-state index in [2.05, 4.69) is 6.55 Å². The van der Waals surface area contributed by atoms with Crippen molar-refractivity contribution in [3.63, 3.8) is 0 Å². The molecule has 9 heavy (non-hydrogen) atoms. The van der Waals surface area contributed by atoms with Crippen LogP contribution in [0.5, 0.6) is 0 Å². The fraction of sp³-hybridized carbons (Fsp3) is 1.00. The van der Waals surface area contributed by atoms with E-state index in [1.165, 1.54) is 24.8 Å². The van der Waals surface area contributed by atoms with E-state index in [-0.39, 0.29) is 32.7 Å². The van der Waals surface area contributed by atoms with E-state index in [0.29, 0.717) is 0 Å². The van der Waals surface area contributed by atoms with Crippen molar-refractivity contribution in [1.82, 2.24) is 0 Å². The van der Waals surface area contributed by atoms with Gasteiger partial charge in [-0.15, -0.1) is 0 Å². The van der Waals surface area contributed by atoms with Gasteiger partial charge in [-0.3, -0.25) is 0 Å². The Morgan fingerprint density at radius 3 is 2.00 bits per heavy atom. The Hall–Kier alpha value is 1.32. The van der Waals surface area contributed by atoms with Gasteiger partial charge in [-0.1, -0.05) is 44.2 Å². The third kappa shape index (κ3) is 3.90. The maximum absolute atomic E-state index is 2.40. The van der Waals surface area contributed by atoms with Gasteiger partial charge in [-0.2, -0.15) is 0 Å². The molecule has 1 aliphatic carbocycles. The van der Waals surface area contributed by atoms with Crippen LogP contribution in [0.2, 0.25) is 12.1 Å². The van der Waals surface area contributed by atoms with Gasteiger partial charge in [-0.05, 0) is 0 Å². The van der Waals surface area contributed by atoms with Gasteiger partial charge in [0.1, 0.15) is 0 Å². The van der Waals surface area contributed by atoms with E-state index in [0.717, 1.165) is 9.52 Å². The molecule has 0 unspecified atom stereocenters. The standard InChI is InChI=1S/C7H15Si.Y/c1-8-7-5-3-2-4-6-7;/h7-8H,2-6H2,1H3;. The zero-order chi connectivity index (χ0) is 5.82. The summed E-state index contributed by atoms with van der Waals surface area (Å²) in [5.41, 5.74) is 1.17. The van der Waals surface area contributed by atoms with Crippen LogP contribution in [0, 0.1) is 0 Å². The van der Waals surface area contributed by atoms with Crippen LogP contribution in [0.4, 0.5) is 0 Å². The summed E-state index contributed by atoms with van der Waals surface area (Å²) in [6.07, 6.45) is 7.64. The van der Waals surface area contributed by atoms with Crippen LogP contribution in [-0.4, -0.2) is 9.52 Å². The summed E-state index contributed by atoms with van der Waals surface area (Å²) < 4.78 is 0. The second-order valence-electron chi connectivity index (χ2n) is 2.73. The molecule has 1 aliphatic rings. The molecular weight excluding hydrogens is 201 g/mol. The second kappa shape index (κ2) is 6.06. The molecule has 0 saturated heterocycles. The van der Waals surface area contributed by atoms with E-state index >= 15 is 0 Å². The van der Waals surface area contributed by atoms with E-state index in [4.69, 9.17) is 0 Å². The largest absolute Gasteiger partial charge is 0.0739 e. The van der Waals surface area contributed by atoms with E-state index in [9.17, 15) is 0 Å². The number of rotatable bonds is 1. The monoisotopic (exact) mass is 216 g/mol. The Bertz CT molecular complexity index is 59.9. The summed E-state index contributed by atoms with van der Waals surface area (Å²) in [5.74, 6) is 0. The Kier molecular flexibility index (Phi) is 6.95. The molecule has 0 aromatic carbocycles. The zero-order valence-electron chi connectivity index (χ0n) is 6.27. The minimum atomic E-state index is 0. The van der Waals surface area contributed by atoms with Gasteiger partial charge >= 0.3 is 0 Å². The van der Waals surface area contributed by atoms with Crippen molar-refractivity contribution >= 4 is 9.52 Å². The van der Waals surface area contributed by atoms with Gasteiger partial charge < -0.3 is 0 Å². The van der Waals surface area contributed by atoms with Crippen LogP contribution in [-0.2, 0) is 32.7 Å². The normalized spacial score (nSPS) is 21.0.